The highest BCUT2D eigenvalue weighted by molar-refractivity contribution is 5.97. The van der Waals surface area contributed by atoms with Gasteiger partial charge < -0.3 is 35.8 Å². The Bertz CT molecular complexity index is 1230. The average molecular weight is 595 g/mol. The summed E-state index contributed by atoms with van der Waals surface area (Å²) in [5.74, 6) is 0.382. The third-order valence-corrected chi connectivity index (χ3v) is 8.07. The number of rotatable bonds is 16. The summed E-state index contributed by atoms with van der Waals surface area (Å²) >= 11 is 0. The highest BCUT2D eigenvalue weighted by Crippen LogP contribution is 2.39. The number of hydrogen-bond acceptors (Lipinski definition) is 9. The first-order valence-corrected chi connectivity index (χ1v) is 15.4. The summed E-state index contributed by atoms with van der Waals surface area (Å²) in [6.07, 6.45) is 7.43. The number of carbonyl (C=O) groups excluding carboxylic acids is 2. The van der Waals surface area contributed by atoms with Crippen molar-refractivity contribution in [3.05, 3.63) is 53.1 Å². The van der Waals surface area contributed by atoms with Gasteiger partial charge in [0, 0.05) is 32.7 Å². The number of benzene rings is 2. The monoisotopic (exact) mass is 594 g/mol. The van der Waals surface area contributed by atoms with Crippen LogP contribution in [0, 0.1) is 0 Å². The minimum absolute atomic E-state index is 0.00406. The molecule has 43 heavy (non-hydrogen) atoms. The van der Waals surface area contributed by atoms with E-state index >= 15 is 0 Å². The number of nitrogens with zero attached hydrogens (tertiary/aromatic N) is 3. The van der Waals surface area contributed by atoms with Gasteiger partial charge in [0.05, 0.1) is 19.6 Å². The van der Waals surface area contributed by atoms with Gasteiger partial charge in [0.2, 0.25) is 5.91 Å². The third-order valence-electron chi connectivity index (χ3n) is 8.07. The van der Waals surface area contributed by atoms with E-state index in [0.29, 0.717) is 63.7 Å². The lowest BCUT2D eigenvalue weighted by atomic mass is 9.94. The fraction of sp³-hybridized carbons (Fsp3) is 0.562. The Hall–Kier alpha value is -3.54. The van der Waals surface area contributed by atoms with Crippen LogP contribution in [0.2, 0.25) is 0 Å². The van der Waals surface area contributed by atoms with Crippen molar-refractivity contribution >= 4 is 17.5 Å². The van der Waals surface area contributed by atoms with Crippen molar-refractivity contribution in [2.24, 2.45) is 16.0 Å². The largest absolute Gasteiger partial charge is 0.506 e. The van der Waals surface area contributed by atoms with Crippen LogP contribution in [0.4, 0.5) is 5.69 Å². The molecule has 1 aliphatic carbocycles. The first-order chi connectivity index (χ1) is 21.0. The zero-order chi connectivity index (χ0) is 30.4. The summed E-state index contributed by atoms with van der Waals surface area (Å²) in [6.45, 7) is 3.29. The van der Waals surface area contributed by atoms with E-state index in [1.165, 1.54) is 6.42 Å². The second kappa shape index (κ2) is 16.9. The maximum absolute atomic E-state index is 13.3. The molecular weight excluding hydrogens is 548 g/mol. The summed E-state index contributed by atoms with van der Waals surface area (Å²) in [4.78, 5) is 27.0. The van der Waals surface area contributed by atoms with Crippen LogP contribution in [0.1, 0.15) is 61.3 Å². The lowest BCUT2D eigenvalue weighted by molar-refractivity contribution is -0.135. The zero-order valence-electron chi connectivity index (χ0n) is 25.2. The van der Waals surface area contributed by atoms with E-state index in [4.69, 9.17) is 15.2 Å². The number of anilines is 1. The van der Waals surface area contributed by atoms with E-state index < -0.39 is 0 Å². The van der Waals surface area contributed by atoms with Crippen LogP contribution in [0.25, 0.3) is 0 Å². The number of nitrogens with one attached hydrogen (secondary N) is 2. The smallest absolute Gasteiger partial charge is 0.262 e. The SMILES string of the molecule is CN=NC(CN)c1cccc(CCOCCC(=O)N(CCNCCc2ccc(O)c3c2OCC(=O)N3)C2CCCCC2)c1. The summed E-state index contributed by atoms with van der Waals surface area (Å²) in [7, 11) is 1.65. The van der Waals surface area contributed by atoms with Crippen LogP contribution in [0.15, 0.2) is 46.6 Å². The van der Waals surface area contributed by atoms with Crippen molar-refractivity contribution < 1.29 is 24.2 Å². The Morgan fingerprint density at radius 3 is 2.81 bits per heavy atom. The highest BCUT2D eigenvalue weighted by Gasteiger charge is 2.25. The van der Waals surface area contributed by atoms with Gasteiger partial charge >= 0.3 is 0 Å². The summed E-state index contributed by atoms with van der Waals surface area (Å²) in [5, 5.41) is 24.3. The van der Waals surface area contributed by atoms with E-state index in [0.717, 1.165) is 48.8 Å². The number of phenols is 1. The average Bonchev–Trinajstić information content (AvgIpc) is 3.03. The number of nitrogens with two attached hydrogens (primary N) is 1. The van der Waals surface area contributed by atoms with E-state index in [1.54, 1.807) is 13.1 Å². The van der Waals surface area contributed by atoms with Crippen LogP contribution >= 0.6 is 0 Å². The van der Waals surface area contributed by atoms with Gasteiger partial charge in [-0.2, -0.15) is 10.2 Å². The molecule has 2 aliphatic rings. The Kier molecular flexibility index (Phi) is 12.7. The molecule has 1 saturated carbocycles. The second-order valence-corrected chi connectivity index (χ2v) is 11.1. The summed E-state index contributed by atoms with van der Waals surface area (Å²) in [5.41, 5.74) is 9.28. The van der Waals surface area contributed by atoms with Gasteiger partial charge in [0.15, 0.2) is 12.4 Å². The molecule has 2 aromatic rings. The van der Waals surface area contributed by atoms with Gasteiger partial charge in [-0.25, -0.2) is 0 Å². The molecule has 1 atom stereocenters. The first kappa shape index (κ1) is 32.4. The van der Waals surface area contributed by atoms with Crippen molar-refractivity contribution in [1.82, 2.24) is 10.2 Å². The van der Waals surface area contributed by atoms with Gasteiger partial charge in [0.1, 0.15) is 17.5 Å². The zero-order valence-corrected chi connectivity index (χ0v) is 25.2. The molecular formula is C32H46N6O5. The molecule has 11 heteroatoms. The van der Waals surface area contributed by atoms with Crippen LogP contribution in [-0.2, 0) is 27.2 Å². The van der Waals surface area contributed by atoms with E-state index in [2.05, 4.69) is 37.9 Å². The molecule has 4 rings (SSSR count). The van der Waals surface area contributed by atoms with Crippen molar-refractivity contribution in [3.8, 4) is 11.5 Å². The van der Waals surface area contributed by atoms with Crippen LogP contribution in [0.3, 0.4) is 0 Å². The van der Waals surface area contributed by atoms with Crippen LogP contribution < -0.4 is 21.1 Å². The van der Waals surface area contributed by atoms with Gasteiger partial charge in [-0.1, -0.05) is 49.6 Å². The molecule has 234 valence electrons. The minimum Gasteiger partial charge on any atom is -0.506 e. The molecule has 5 N–H and O–H groups in total. The Morgan fingerprint density at radius 1 is 1.19 bits per heavy atom. The normalized spacial score (nSPS) is 16.0. The van der Waals surface area contributed by atoms with Gasteiger partial charge in [0.25, 0.3) is 5.91 Å². The Labute approximate surface area is 254 Å². The quantitative estimate of drug-likeness (QED) is 0.131. The van der Waals surface area contributed by atoms with Crippen molar-refractivity contribution in [2.45, 2.75) is 63.5 Å². The number of aromatic hydroxyl groups is 1. The molecule has 0 saturated heterocycles. The van der Waals surface area contributed by atoms with Crippen molar-refractivity contribution in [2.75, 3.05) is 58.4 Å². The molecule has 0 radical (unpaired) electrons. The van der Waals surface area contributed by atoms with E-state index in [-0.39, 0.29) is 36.3 Å². The number of hydrogen-bond donors (Lipinski definition) is 4. The lowest BCUT2D eigenvalue weighted by Crippen LogP contribution is -2.45. The van der Waals surface area contributed by atoms with Gasteiger partial charge in [-0.15, -0.1) is 0 Å². The Morgan fingerprint density at radius 2 is 2.02 bits per heavy atom. The second-order valence-electron chi connectivity index (χ2n) is 11.1. The van der Waals surface area contributed by atoms with E-state index in [9.17, 15) is 14.7 Å². The summed E-state index contributed by atoms with van der Waals surface area (Å²) in [6, 6.07) is 11.7. The van der Waals surface area contributed by atoms with Crippen molar-refractivity contribution in [1.29, 1.82) is 0 Å². The predicted octanol–water partition coefficient (Wildman–Crippen LogP) is 3.75. The molecule has 1 fully saturated rings. The summed E-state index contributed by atoms with van der Waals surface area (Å²) < 4.78 is 11.5. The van der Waals surface area contributed by atoms with E-state index in [1.807, 2.05) is 18.2 Å². The highest BCUT2D eigenvalue weighted by atomic mass is 16.5. The molecule has 2 aromatic carbocycles. The molecule has 1 unspecified atom stereocenters. The lowest BCUT2D eigenvalue weighted by Gasteiger charge is -2.34. The topological polar surface area (TPSA) is 151 Å². The molecule has 2 amide bonds. The molecule has 0 bridgehead atoms. The minimum atomic E-state index is -0.279. The van der Waals surface area contributed by atoms with Crippen molar-refractivity contribution in [3.63, 3.8) is 0 Å². The third kappa shape index (κ3) is 9.47. The predicted molar refractivity (Wildman–Crippen MR) is 166 cm³/mol. The number of azo groups is 1. The Balaban J connectivity index is 1.21. The molecule has 0 spiro atoms. The fourth-order valence-corrected chi connectivity index (χ4v) is 5.80. The molecule has 11 nitrogen and oxygen atoms in total. The van der Waals surface area contributed by atoms with Gasteiger partial charge in [-0.05, 0) is 55.0 Å². The maximum Gasteiger partial charge on any atom is 0.262 e. The maximum atomic E-state index is 13.3. The van der Waals surface area contributed by atoms with Crippen LogP contribution in [0.5, 0.6) is 11.5 Å². The number of carbonyl (C=O) groups is 2. The molecule has 0 aromatic heterocycles. The molecule has 1 aliphatic heterocycles. The standard InChI is InChI=1S/C32H46N6O5/c1-34-37-27(21-33)25-7-5-6-23(20-25)13-18-42-19-14-30(41)38(26-8-3-2-4-9-26)17-16-35-15-12-24-10-11-28(39)31-32(24)43-22-29(40)36-31/h5-7,10-11,20,26-27,35,39H,2-4,8-9,12-19,21-22,33H2,1H3,(H,36,40). The van der Waals surface area contributed by atoms with Crippen LogP contribution in [-0.4, -0.2) is 80.9 Å². The first-order valence-electron chi connectivity index (χ1n) is 15.4. The number of phenolic OH excluding ortho intramolecular Hbond substituents is 1. The van der Waals surface area contributed by atoms with Gasteiger partial charge in [-0.3, -0.25) is 9.59 Å². The fourth-order valence-electron chi connectivity index (χ4n) is 5.80. The molecule has 1 heterocycles. The number of fused-ring (bicyclic) bond motifs is 1. The number of ether oxygens (including phenoxy) is 2. The number of amides is 2.